The molecule has 2 nitrogen and oxygen atoms in total. The van der Waals surface area contributed by atoms with Crippen LogP contribution in [0.25, 0.3) is 0 Å². The van der Waals surface area contributed by atoms with Gasteiger partial charge in [-0.05, 0) is 24.7 Å². The molecule has 0 spiro atoms. The molecule has 2 saturated carbocycles. The van der Waals surface area contributed by atoms with Gasteiger partial charge in [-0.2, -0.15) is 0 Å². The minimum Gasteiger partial charge on any atom is -0.299 e. The van der Waals surface area contributed by atoms with Crippen LogP contribution >= 0.6 is 0 Å². The van der Waals surface area contributed by atoms with Gasteiger partial charge < -0.3 is 0 Å². The summed E-state index contributed by atoms with van der Waals surface area (Å²) in [5, 5.41) is 0. The van der Waals surface area contributed by atoms with Crippen LogP contribution in [0.2, 0.25) is 0 Å². The Hall–Kier alpha value is -0.660. The summed E-state index contributed by atoms with van der Waals surface area (Å²) in [4.78, 5) is 22.9. The molecule has 1 atom stereocenters. The largest absolute Gasteiger partial charge is 0.299 e. The van der Waals surface area contributed by atoms with Crippen molar-refractivity contribution in [3.63, 3.8) is 0 Å². The van der Waals surface area contributed by atoms with Crippen LogP contribution in [0.1, 0.15) is 39.5 Å². The summed E-state index contributed by atoms with van der Waals surface area (Å²) >= 11 is 0. The summed E-state index contributed by atoms with van der Waals surface area (Å²) in [6.07, 6.45) is 3.21. The van der Waals surface area contributed by atoms with E-state index in [-0.39, 0.29) is 35.2 Å². The van der Waals surface area contributed by atoms with E-state index in [0.717, 1.165) is 19.3 Å². The normalized spacial score (nSPS) is 29.8. The molecule has 0 aromatic rings. The second-order valence-electron chi connectivity index (χ2n) is 5.13. The average Bonchev–Trinajstić information content (AvgIpc) is 2.83. The minimum absolute atomic E-state index is 0.176. The molecule has 2 fully saturated rings. The van der Waals surface area contributed by atoms with Gasteiger partial charge in [-0.3, -0.25) is 9.59 Å². The zero-order chi connectivity index (χ0) is 9.64. The number of hydrogen-bond donors (Lipinski definition) is 0. The van der Waals surface area contributed by atoms with Gasteiger partial charge in [0.15, 0.2) is 0 Å². The molecule has 0 bridgehead atoms. The zero-order valence-electron chi connectivity index (χ0n) is 8.30. The summed E-state index contributed by atoms with van der Waals surface area (Å²) in [5.74, 6) is 0.788. The average molecular weight is 180 g/mol. The highest BCUT2D eigenvalue weighted by Crippen LogP contribution is 2.52. The number of Topliss-reactive ketones (excluding diaryl/α,β-unsaturated/α-hetero) is 2. The van der Waals surface area contributed by atoms with Crippen molar-refractivity contribution in [1.82, 2.24) is 0 Å². The fourth-order valence-electron chi connectivity index (χ4n) is 1.86. The molecule has 2 aliphatic carbocycles. The molecule has 0 amide bonds. The third-order valence-electron chi connectivity index (χ3n) is 3.28. The van der Waals surface area contributed by atoms with Crippen LogP contribution in [0, 0.1) is 17.3 Å². The van der Waals surface area contributed by atoms with Gasteiger partial charge in [0.1, 0.15) is 11.6 Å². The lowest BCUT2D eigenvalue weighted by atomic mass is 10.0. The Balaban J connectivity index is 1.82. The Kier molecular flexibility index (Phi) is 1.83. The molecule has 13 heavy (non-hydrogen) atoms. The van der Waals surface area contributed by atoms with Crippen LogP contribution in [0.3, 0.4) is 0 Å². The van der Waals surface area contributed by atoms with Gasteiger partial charge in [0.2, 0.25) is 0 Å². The number of rotatable bonds is 4. The topological polar surface area (TPSA) is 34.1 Å². The molecule has 0 N–H and O–H groups in total. The SMILES string of the molecule is CC1(C)CC1C(=O)CC(=O)C1CC1. The number of ketones is 2. The lowest BCUT2D eigenvalue weighted by molar-refractivity contribution is -0.128. The van der Waals surface area contributed by atoms with Crippen LogP contribution in [0.15, 0.2) is 0 Å². The molecular weight excluding hydrogens is 164 g/mol. The summed E-state index contributed by atoms with van der Waals surface area (Å²) in [6.45, 7) is 4.19. The maximum Gasteiger partial charge on any atom is 0.143 e. The summed E-state index contributed by atoms with van der Waals surface area (Å²) in [5.41, 5.74) is 0.181. The van der Waals surface area contributed by atoms with Crippen molar-refractivity contribution in [3.05, 3.63) is 0 Å². The zero-order valence-corrected chi connectivity index (χ0v) is 8.30. The van der Waals surface area contributed by atoms with Gasteiger partial charge in [-0.15, -0.1) is 0 Å². The predicted octanol–water partition coefficient (Wildman–Crippen LogP) is 1.97. The van der Waals surface area contributed by atoms with Crippen LogP contribution in [-0.4, -0.2) is 11.6 Å². The van der Waals surface area contributed by atoms with E-state index < -0.39 is 0 Å². The maximum absolute atomic E-state index is 11.5. The van der Waals surface area contributed by atoms with Gasteiger partial charge in [-0.1, -0.05) is 13.8 Å². The fraction of sp³-hybridized carbons (Fsp3) is 0.818. The van der Waals surface area contributed by atoms with E-state index in [1.165, 1.54) is 0 Å². The molecule has 0 aromatic carbocycles. The van der Waals surface area contributed by atoms with Crippen molar-refractivity contribution in [2.75, 3.05) is 0 Å². The first-order chi connectivity index (χ1) is 6.00. The van der Waals surface area contributed by atoms with E-state index in [4.69, 9.17) is 0 Å². The van der Waals surface area contributed by atoms with Gasteiger partial charge >= 0.3 is 0 Å². The van der Waals surface area contributed by atoms with E-state index in [2.05, 4.69) is 13.8 Å². The fourth-order valence-corrected chi connectivity index (χ4v) is 1.86. The van der Waals surface area contributed by atoms with Crippen molar-refractivity contribution in [2.45, 2.75) is 39.5 Å². The summed E-state index contributed by atoms with van der Waals surface area (Å²) in [7, 11) is 0. The highest BCUT2D eigenvalue weighted by molar-refractivity contribution is 6.03. The van der Waals surface area contributed by atoms with Gasteiger partial charge in [0.25, 0.3) is 0 Å². The predicted molar refractivity (Wildman–Crippen MR) is 49.2 cm³/mol. The molecule has 0 radical (unpaired) electrons. The van der Waals surface area contributed by atoms with E-state index >= 15 is 0 Å². The molecule has 72 valence electrons. The molecule has 0 aliphatic heterocycles. The van der Waals surface area contributed by atoms with Crippen LogP contribution in [-0.2, 0) is 9.59 Å². The molecule has 0 saturated heterocycles. The summed E-state index contributed by atoms with van der Waals surface area (Å²) < 4.78 is 0. The van der Waals surface area contributed by atoms with Gasteiger partial charge in [0.05, 0.1) is 6.42 Å². The Bertz CT molecular complexity index is 261. The first kappa shape index (κ1) is 8.92. The first-order valence-corrected chi connectivity index (χ1v) is 5.06. The van der Waals surface area contributed by atoms with Crippen molar-refractivity contribution in [1.29, 1.82) is 0 Å². The first-order valence-electron chi connectivity index (χ1n) is 5.06. The number of hydrogen-bond acceptors (Lipinski definition) is 2. The standard InChI is InChI=1S/C11H16O2/c1-11(2)6-8(11)10(13)5-9(12)7-3-4-7/h7-8H,3-6H2,1-2H3. The van der Waals surface area contributed by atoms with Crippen molar-refractivity contribution < 1.29 is 9.59 Å². The maximum atomic E-state index is 11.5. The smallest absolute Gasteiger partial charge is 0.143 e. The number of carbonyl (C=O) groups is 2. The van der Waals surface area contributed by atoms with E-state index in [9.17, 15) is 9.59 Å². The third-order valence-corrected chi connectivity index (χ3v) is 3.28. The van der Waals surface area contributed by atoms with Crippen molar-refractivity contribution in [3.8, 4) is 0 Å². The number of carbonyl (C=O) groups excluding carboxylic acids is 2. The van der Waals surface area contributed by atoms with Crippen LogP contribution in [0.4, 0.5) is 0 Å². The third kappa shape index (κ3) is 1.82. The van der Waals surface area contributed by atoms with E-state index in [1.54, 1.807) is 0 Å². The van der Waals surface area contributed by atoms with Crippen LogP contribution < -0.4 is 0 Å². The summed E-state index contributed by atoms with van der Waals surface area (Å²) in [6, 6.07) is 0. The van der Waals surface area contributed by atoms with Crippen LogP contribution in [0.5, 0.6) is 0 Å². The second kappa shape index (κ2) is 2.66. The highest BCUT2D eigenvalue weighted by atomic mass is 16.1. The van der Waals surface area contributed by atoms with Gasteiger partial charge in [-0.25, -0.2) is 0 Å². The Labute approximate surface area is 78.7 Å². The monoisotopic (exact) mass is 180 g/mol. The molecular formula is C11H16O2. The lowest BCUT2D eigenvalue weighted by Crippen LogP contribution is -2.13. The lowest BCUT2D eigenvalue weighted by Gasteiger charge is -2.01. The van der Waals surface area contributed by atoms with Gasteiger partial charge in [0, 0.05) is 11.8 Å². The Morgan fingerprint density at radius 1 is 1.23 bits per heavy atom. The Morgan fingerprint density at radius 3 is 2.15 bits per heavy atom. The van der Waals surface area contributed by atoms with E-state index in [0.29, 0.717) is 0 Å². The highest BCUT2D eigenvalue weighted by Gasteiger charge is 2.50. The second-order valence-corrected chi connectivity index (χ2v) is 5.13. The molecule has 0 heterocycles. The molecule has 2 heteroatoms. The molecule has 0 aromatic heterocycles. The van der Waals surface area contributed by atoms with Crippen molar-refractivity contribution in [2.24, 2.45) is 17.3 Å². The Morgan fingerprint density at radius 2 is 1.77 bits per heavy atom. The molecule has 2 rings (SSSR count). The quantitative estimate of drug-likeness (QED) is 0.620. The molecule has 1 unspecified atom stereocenters. The van der Waals surface area contributed by atoms with E-state index in [1.807, 2.05) is 0 Å². The minimum atomic E-state index is 0.176. The van der Waals surface area contributed by atoms with Crippen molar-refractivity contribution >= 4 is 11.6 Å². The molecule has 2 aliphatic rings.